The number of halogens is 5. The third kappa shape index (κ3) is 5.40. The molecule has 29 heavy (non-hydrogen) atoms. The summed E-state index contributed by atoms with van der Waals surface area (Å²) >= 11 is 24.4. The van der Waals surface area contributed by atoms with Crippen molar-refractivity contribution in [2.75, 3.05) is 12.4 Å². The first kappa shape index (κ1) is 21.8. The van der Waals surface area contributed by atoms with Gasteiger partial charge in [0.25, 0.3) is 0 Å². The van der Waals surface area contributed by atoms with Crippen molar-refractivity contribution in [3.05, 3.63) is 85.6 Å². The van der Waals surface area contributed by atoms with E-state index in [1.165, 1.54) is 19.2 Å². The van der Waals surface area contributed by atoms with Crippen LogP contribution in [0.3, 0.4) is 0 Å². The third-order valence-corrected chi connectivity index (χ3v) is 5.61. The van der Waals surface area contributed by atoms with E-state index < -0.39 is 5.82 Å². The number of hydrogen-bond donors (Lipinski definition) is 1. The highest BCUT2D eigenvalue weighted by Gasteiger charge is 2.14. The number of anilines is 1. The van der Waals surface area contributed by atoms with Gasteiger partial charge in [0.2, 0.25) is 0 Å². The topological polar surface area (TPSA) is 30.5 Å². The number of ether oxygens (including phenoxy) is 2. The molecule has 0 unspecified atom stereocenters. The summed E-state index contributed by atoms with van der Waals surface area (Å²) in [6, 6.07) is 13.1. The Morgan fingerprint density at radius 3 is 2.34 bits per heavy atom. The van der Waals surface area contributed by atoms with Crippen LogP contribution >= 0.6 is 46.4 Å². The molecule has 0 atom stereocenters. The maximum Gasteiger partial charge on any atom is 0.163 e. The average molecular weight is 475 g/mol. The first-order valence-corrected chi connectivity index (χ1v) is 10.0. The number of nitrogens with one attached hydrogen (secondary N) is 1. The van der Waals surface area contributed by atoms with E-state index in [2.05, 4.69) is 5.32 Å². The Bertz CT molecular complexity index is 1010. The standard InChI is InChI=1S/C21H16Cl4FNO2/c1-28-20-7-12(10-27-13-5-6-16(23)18(25)8-13)17(24)9-21(20)29-11-14-15(22)3-2-4-19(14)26/h2-9,27H,10-11H2,1H3. The molecule has 0 aliphatic heterocycles. The van der Waals surface area contributed by atoms with Crippen LogP contribution in [0, 0.1) is 5.82 Å². The highest BCUT2D eigenvalue weighted by atomic mass is 35.5. The molecule has 0 saturated carbocycles. The van der Waals surface area contributed by atoms with Crippen LogP contribution in [0.15, 0.2) is 48.5 Å². The second-order valence-corrected chi connectivity index (χ2v) is 7.69. The number of benzene rings is 3. The molecule has 0 aliphatic carbocycles. The molecule has 0 radical (unpaired) electrons. The highest BCUT2D eigenvalue weighted by Crippen LogP contribution is 2.35. The van der Waals surface area contributed by atoms with E-state index >= 15 is 0 Å². The van der Waals surface area contributed by atoms with Crippen molar-refractivity contribution in [3.8, 4) is 11.5 Å². The summed E-state index contributed by atoms with van der Waals surface area (Å²) in [7, 11) is 1.52. The van der Waals surface area contributed by atoms with Gasteiger partial charge in [-0.05, 0) is 42.0 Å². The van der Waals surface area contributed by atoms with E-state index in [9.17, 15) is 4.39 Å². The molecule has 152 valence electrons. The van der Waals surface area contributed by atoms with Gasteiger partial charge < -0.3 is 14.8 Å². The summed E-state index contributed by atoms with van der Waals surface area (Å²) in [5, 5.41) is 4.91. The van der Waals surface area contributed by atoms with Crippen LogP contribution in [0.1, 0.15) is 11.1 Å². The van der Waals surface area contributed by atoms with E-state index in [4.69, 9.17) is 55.9 Å². The van der Waals surface area contributed by atoms with Crippen molar-refractivity contribution in [2.45, 2.75) is 13.2 Å². The zero-order valence-corrected chi connectivity index (χ0v) is 18.3. The molecule has 3 aromatic carbocycles. The van der Waals surface area contributed by atoms with Crippen molar-refractivity contribution in [1.29, 1.82) is 0 Å². The molecule has 8 heteroatoms. The van der Waals surface area contributed by atoms with Gasteiger partial charge in [-0.25, -0.2) is 4.39 Å². The first-order valence-electron chi connectivity index (χ1n) is 8.50. The van der Waals surface area contributed by atoms with Crippen LogP contribution in [-0.4, -0.2) is 7.11 Å². The molecular weight excluding hydrogens is 459 g/mol. The molecule has 0 heterocycles. The molecule has 3 nitrogen and oxygen atoms in total. The van der Waals surface area contributed by atoms with Gasteiger partial charge >= 0.3 is 0 Å². The zero-order chi connectivity index (χ0) is 21.0. The van der Waals surface area contributed by atoms with Gasteiger partial charge in [-0.3, -0.25) is 0 Å². The van der Waals surface area contributed by atoms with E-state index in [-0.39, 0.29) is 17.2 Å². The maximum atomic E-state index is 13.9. The fraction of sp³-hybridized carbons (Fsp3) is 0.143. The van der Waals surface area contributed by atoms with Crippen LogP contribution < -0.4 is 14.8 Å². The maximum absolute atomic E-state index is 13.9. The van der Waals surface area contributed by atoms with E-state index in [0.717, 1.165) is 11.3 Å². The largest absolute Gasteiger partial charge is 0.493 e. The number of rotatable bonds is 7. The molecule has 0 fully saturated rings. The molecule has 0 spiro atoms. The minimum absolute atomic E-state index is 0.0565. The Kier molecular flexibility index (Phi) is 7.36. The Morgan fingerprint density at radius 2 is 1.66 bits per heavy atom. The first-order chi connectivity index (χ1) is 13.9. The molecule has 0 aliphatic rings. The third-order valence-electron chi connectivity index (χ3n) is 4.17. The van der Waals surface area contributed by atoms with Gasteiger partial charge in [0.1, 0.15) is 12.4 Å². The quantitative estimate of drug-likeness (QED) is 0.381. The average Bonchev–Trinajstić information content (AvgIpc) is 2.69. The van der Waals surface area contributed by atoms with E-state index in [1.54, 1.807) is 30.3 Å². The van der Waals surface area contributed by atoms with Crippen LogP contribution in [-0.2, 0) is 13.2 Å². The lowest BCUT2D eigenvalue weighted by atomic mass is 10.2. The number of methoxy groups -OCH3 is 1. The molecule has 3 aromatic rings. The SMILES string of the molecule is COc1cc(CNc2ccc(Cl)c(Cl)c2)c(Cl)cc1OCc1c(F)cccc1Cl. The Balaban J connectivity index is 1.75. The zero-order valence-electron chi connectivity index (χ0n) is 15.2. The van der Waals surface area contributed by atoms with E-state index in [0.29, 0.717) is 33.1 Å². The highest BCUT2D eigenvalue weighted by molar-refractivity contribution is 6.42. The summed E-state index contributed by atoms with van der Waals surface area (Å²) in [6.07, 6.45) is 0. The summed E-state index contributed by atoms with van der Waals surface area (Å²) in [5.74, 6) is 0.410. The van der Waals surface area contributed by atoms with Gasteiger partial charge in [-0.15, -0.1) is 0 Å². The molecule has 0 amide bonds. The number of hydrogen-bond acceptors (Lipinski definition) is 3. The van der Waals surface area contributed by atoms with Crippen molar-refractivity contribution < 1.29 is 13.9 Å². The molecule has 0 aromatic heterocycles. The fourth-order valence-electron chi connectivity index (χ4n) is 2.61. The van der Waals surface area contributed by atoms with Crippen LogP contribution in [0.2, 0.25) is 20.1 Å². The van der Waals surface area contributed by atoms with Crippen molar-refractivity contribution in [3.63, 3.8) is 0 Å². The summed E-state index contributed by atoms with van der Waals surface area (Å²) in [6.45, 7) is 0.367. The summed E-state index contributed by atoms with van der Waals surface area (Å²) in [5.41, 5.74) is 1.84. The lowest BCUT2D eigenvalue weighted by Gasteiger charge is -2.15. The Labute approximate surface area is 188 Å². The van der Waals surface area contributed by atoms with Crippen molar-refractivity contribution in [1.82, 2.24) is 0 Å². The molecule has 0 saturated heterocycles. The molecule has 0 bridgehead atoms. The Hall–Kier alpha value is -1.85. The molecular formula is C21H16Cl4FNO2. The van der Waals surface area contributed by atoms with Gasteiger partial charge in [-0.1, -0.05) is 52.5 Å². The van der Waals surface area contributed by atoms with Gasteiger partial charge in [0.05, 0.1) is 22.2 Å². The lowest BCUT2D eigenvalue weighted by Crippen LogP contribution is -2.04. The van der Waals surface area contributed by atoms with Crippen molar-refractivity contribution >= 4 is 52.1 Å². The van der Waals surface area contributed by atoms with E-state index in [1.807, 2.05) is 6.07 Å². The minimum Gasteiger partial charge on any atom is -0.493 e. The van der Waals surface area contributed by atoms with Gasteiger partial charge in [-0.2, -0.15) is 0 Å². The Morgan fingerprint density at radius 1 is 0.862 bits per heavy atom. The second-order valence-electron chi connectivity index (χ2n) is 6.07. The predicted molar refractivity (Wildman–Crippen MR) is 118 cm³/mol. The summed E-state index contributed by atoms with van der Waals surface area (Å²) in [4.78, 5) is 0. The normalized spacial score (nSPS) is 10.7. The van der Waals surface area contributed by atoms with Crippen LogP contribution in [0.4, 0.5) is 10.1 Å². The predicted octanol–water partition coefficient (Wildman–Crippen LogP) is 7.64. The van der Waals surface area contributed by atoms with Crippen LogP contribution in [0.25, 0.3) is 0 Å². The fourth-order valence-corrected chi connectivity index (χ4v) is 3.34. The molecule has 1 N–H and O–H groups in total. The van der Waals surface area contributed by atoms with Gasteiger partial charge in [0.15, 0.2) is 11.5 Å². The smallest absolute Gasteiger partial charge is 0.163 e. The monoisotopic (exact) mass is 473 g/mol. The second kappa shape index (κ2) is 9.77. The lowest BCUT2D eigenvalue weighted by molar-refractivity contribution is 0.279. The van der Waals surface area contributed by atoms with Crippen LogP contribution in [0.5, 0.6) is 11.5 Å². The van der Waals surface area contributed by atoms with Gasteiger partial charge in [0, 0.05) is 28.9 Å². The minimum atomic E-state index is -0.440. The molecule has 3 rings (SSSR count). The summed E-state index contributed by atoms with van der Waals surface area (Å²) < 4.78 is 25.1. The van der Waals surface area contributed by atoms with Crippen molar-refractivity contribution in [2.24, 2.45) is 0 Å².